The molecule has 0 fully saturated rings. The summed E-state index contributed by atoms with van der Waals surface area (Å²) in [7, 11) is 0. The van der Waals surface area contributed by atoms with E-state index in [1.54, 1.807) is 30.6 Å². The Balaban J connectivity index is 2.20. The van der Waals surface area contributed by atoms with Crippen LogP contribution in [0.2, 0.25) is 0 Å². The Morgan fingerprint density at radius 3 is 2.83 bits per heavy atom. The lowest BCUT2D eigenvalue weighted by molar-refractivity contribution is 0.104. The second kappa shape index (κ2) is 5.23. The highest BCUT2D eigenvalue weighted by Crippen LogP contribution is 2.19. The summed E-state index contributed by atoms with van der Waals surface area (Å²) in [4.78, 5) is 15.7. The van der Waals surface area contributed by atoms with Gasteiger partial charge in [-0.25, -0.2) is 4.39 Å². The number of rotatable bonds is 3. The fourth-order valence-electron chi connectivity index (χ4n) is 1.45. The molecule has 0 aliphatic carbocycles. The van der Waals surface area contributed by atoms with E-state index < -0.39 is 11.6 Å². The zero-order chi connectivity index (χ0) is 13.0. The summed E-state index contributed by atoms with van der Waals surface area (Å²) in [5.41, 5.74) is 0.837. The van der Waals surface area contributed by atoms with E-state index in [2.05, 4.69) is 4.98 Å². The maximum absolute atomic E-state index is 12.8. The number of halogens is 1. The predicted molar refractivity (Wildman–Crippen MR) is 65.7 cm³/mol. The van der Waals surface area contributed by atoms with Gasteiger partial charge in [0.2, 0.25) is 0 Å². The van der Waals surface area contributed by atoms with Gasteiger partial charge in [-0.15, -0.1) is 0 Å². The second-order valence-electron chi connectivity index (χ2n) is 3.65. The number of pyridine rings is 1. The Hall–Kier alpha value is -2.49. The summed E-state index contributed by atoms with van der Waals surface area (Å²) < 4.78 is 12.8. The van der Waals surface area contributed by atoms with Gasteiger partial charge in [-0.1, -0.05) is 6.07 Å². The van der Waals surface area contributed by atoms with Crippen LogP contribution in [0, 0.1) is 5.82 Å². The number of phenolic OH excluding ortho intramolecular Hbond substituents is 1. The second-order valence-corrected chi connectivity index (χ2v) is 3.65. The van der Waals surface area contributed by atoms with Gasteiger partial charge in [0.15, 0.2) is 5.78 Å². The topological polar surface area (TPSA) is 50.2 Å². The van der Waals surface area contributed by atoms with Crippen molar-refractivity contribution in [2.24, 2.45) is 0 Å². The number of aromatic nitrogens is 1. The summed E-state index contributed by atoms with van der Waals surface area (Å²) in [5.74, 6) is -1.34. The molecule has 3 nitrogen and oxygen atoms in total. The minimum Gasteiger partial charge on any atom is -0.507 e. The molecule has 1 N–H and O–H groups in total. The Kier molecular flexibility index (Phi) is 3.48. The lowest BCUT2D eigenvalue weighted by atomic mass is 10.1. The highest BCUT2D eigenvalue weighted by molar-refractivity contribution is 6.08. The van der Waals surface area contributed by atoms with Crippen molar-refractivity contribution >= 4 is 11.9 Å². The van der Waals surface area contributed by atoms with Crippen molar-refractivity contribution in [2.45, 2.75) is 0 Å². The van der Waals surface area contributed by atoms with Gasteiger partial charge in [0, 0.05) is 18.5 Å². The molecule has 0 atom stereocenters. The van der Waals surface area contributed by atoms with Gasteiger partial charge < -0.3 is 5.11 Å². The van der Waals surface area contributed by atoms with Crippen LogP contribution in [0.15, 0.2) is 48.8 Å². The third-order valence-electron chi connectivity index (χ3n) is 2.34. The van der Waals surface area contributed by atoms with Gasteiger partial charge in [0.25, 0.3) is 0 Å². The normalized spacial score (nSPS) is 10.7. The Labute approximate surface area is 103 Å². The molecule has 4 heteroatoms. The lowest BCUT2D eigenvalue weighted by Gasteiger charge is -2.00. The highest BCUT2D eigenvalue weighted by Gasteiger charge is 2.08. The van der Waals surface area contributed by atoms with Crippen molar-refractivity contribution in [3.63, 3.8) is 0 Å². The molecule has 0 aliphatic heterocycles. The van der Waals surface area contributed by atoms with Crippen molar-refractivity contribution in [1.82, 2.24) is 4.98 Å². The molecule has 2 aromatic rings. The molecule has 0 bridgehead atoms. The molecule has 0 amide bonds. The zero-order valence-corrected chi connectivity index (χ0v) is 9.38. The molecule has 1 aromatic carbocycles. The van der Waals surface area contributed by atoms with E-state index in [9.17, 15) is 14.3 Å². The predicted octanol–water partition coefficient (Wildman–Crippen LogP) is 2.82. The molecule has 0 unspecified atom stereocenters. The number of phenols is 1. The number of aromatic hydroxyl groups is 1. The number of nitrogens with zero attached hydrogens (tertiary/aromatic N) is 1. The van der Waals surface area contributed by atoms with Crippen LogP contribution in [0.4, 0.5) is 4.39 Å². The quantitative estimate of drug-likeness (QED) is 0.666. The first-order chi connectivity index (χ1) is 8.66. The lowest BCUT2D eigenvalue weighted by Crippen LogP contribution is -1.95. The smallest absolute Gasteiger partial charge is 0.189 e. The molecule has 0 spiro atoms. The fraction of sp³-hybridized carbons (Fsp3) is 0. The summed E-state index contributed by atoms with van der Waals surface area (Å²) in [5, 5.41) is 9.45. The summed E-state index contributed by atoms with van der Waals surface area (Å²) in [6.07, 6.45) is 6.13. The van der Waals surface area contributed by atoms with Crippen LogP contribution in [0.1, 0.15) is 15.9 Å². The van der Waals surface area contributed by atoms with Crippen molar-refractivity contribution < 1.29 is 14.3 Å². The number of benzene rings is 1. The van der Waals surface area contributed by atoms with Crippen LogP contribution < -0.4 is 0 Å². The SMILES string of the molecule is O=C(/C=C/c1cccnc1)c1ccc(F)cc1O. The standard InChI is InChI=1S/C14H10FNO2/c15-11-4-5-12(14(18)8-11)13(17)6-3-10-2-1-7-16-9-10/h1-9,18H/b6-3+. The first-order valence-electron chi connectivity index (χ1n) is 5.28. The van der Waals surface area contributed by atoms with Gasteiger partial charge in [-0.2, -0.15) is 0 Å². The van der Waals surface area contributed by atoms with E-state index in [1.807, 2.05) is 0 Å². The number of ketones is 1. The first kappa shape index (κ1) is 12.0. The Morgan fingerprint density at radius 2 is 2.17 bits per heavy atom. The largest absolute Gasteiger partial charge is 0.507 e. The average Bonchev–Trinajstić information content (AvgIpc) is 2.37. The van der Waals surface area contributed by atoms with Gasteiger partial charge in [0.05, 0.1) is 5.56 Å². The molecule has 90 valence electrons. The van der Waals surface area contributed by atoms with Crippen LogP contribution >= 0.6 is 0 Å². The van der Waals surface area contributed by atoms with Crippen molar-refractivity contribution in [1.29, 1.82) is 0 Å². The van der Waals surface area contributed by atoms with Crippen LogP contribution in [0.25, 0.3) is 6.08 Å². The molecule has 0 aliphatic rings. The van der Waals surface area contributed by atoms with Crippen molar-refractivity contribution in [3.05, 3.63) is 65.7 Å². The van der Waals surface area contributed by atoms with Crippen LogP contribution in [0.5, 0.6) is 5.75 Å². The highest BCUT2D eigenvalue weighted by atomic mass is 19.1. The van der Waals surface area contributed by atoms with Crippen molar-refractivity contribution in [3.8, 4) is 5.75 Å². The molecule has 0 radical (unpaired) electrons. The van der Waals surface area contributed by atoms with Gasteiger partial charge in [-0.05, 0) is 35.9 Å². The van der Waals surface area contributed by atoms with E-state index in [4.69, 9.17) is 0 Å². The van der Waals surface area contributed by atoms with Crippen LogP contribution in [0.3, 0.4) is 0 Å². The molecular weight excluding hydrogens is 233 g/mol. The average molecular weight is 243 g/mol. The third-order valence-corrected chi connectivity index (χ3v) is 2.34. The number of carbonyl (C=O) groups is 1. The van der Waals surface area contributed by atoms with Crippen molar-refractivity contribution in [2.75, 3.05) is 0 Å². The molecule has 2 rings (SSSR count). The molecule has 18 heavy (non-hydrogen) atoms. The Bertz CT molecular complexity index is 594. The van der Waals surface area contributed by atoms with Gasteiger partial charge in [-0.3, -0.25) is 9.78 Å². The summed E-state index contributed by atoms with van der Waals surface area (Å²) in [6.45, 7) is 0. The minimum atomic E-state index is -0.583. The minimum absolute atomic E-state index is 0.0662. The number of carbonyl (C=O) groups excluding carboxylic acids is 1. The molecular formula is C14H10FNO2. The van der Waals surface area contributed by atoms with Crippen LogP contribution in [-0.2, 0) is 0 Å². The number of allylic oxidation sites excluding steroid dienone is 1. The van der Waals surface area contributed by atoms with E-state index in [1.165, 1.54) is 12.1 Å². The van der Waals surface area contributed by atoms with E-state index in [0.717, 1.165) is 17.7 Å². The number of hydrogen-bond acceptors (Lipinski definition) is 3. The van der Waals surface area contributed by atoms with E-state index in [0.29, 0.717) is 0 Å². The Morgan fingerprint density at radius 1 is 1.33 bits per heavy atom. The van der Waals surface area contributed by atoms with Gasteiger partial charge >= 0.3 is 0 Å². The van der Waals surface area contributed by atoms with E-state index >= 15 is 0 Å². The van der Waals surface area contributed by atoms with Crippen LogP contribution in [-0.4, -0.2) is 15.9 Å². The van der Waals surface area contributed by atoms with Gasteiger partial charge in [0.1, 0.15) is 11.6 Å². The number of hydrogen-bond donors (Lipinski definition) is 1. The summed E-state index contributed by atoms with van der Waals surface area (Å²) in [6, 6.07) is 6.83. The first-order valence-corrected chi connectivity index (χ1v) is 5.28. The molecule has 1 aromatic heterocycles. The molecule has 0 saturated heterocycles. The maximum Gasteiger partial charge on any atom is 0.189 e. The fourth-order valence-corrected chi connectivity index (χ4v) is 1.45. The molecule has 0 saturated carbocycles. The third kappa shape index (κ3) is 2.79. The maximum atomic E-state index is 12.8. The monoisotopic (exact) mass is 243 g/mol. The van der Waals surface area contributed by atoms with E-state index in [-0.39, 0.29) is 11.3 Å². The molecule has 1 heterocycles. The zero-order valence-electron chi connectivity index (χ0n) is 9.38. The summed E-state index contributed by atoms with van der Waals surface area (Å²) >= 11 is 0.